The Bertz CT molecular complexity index is 729. The summed E-state index contributed by atoms with van der Waals surface area (Å²) in [6, 6.07) is 6.91. The Morgan fingerprint density at radius 3 is 2.64 bits per heavy atom. The zero-order valence-corrected chi connectivity index (χ0v) is 17.6. The van der Waals surface area contributed by atoms with Gasteiger partial charge < -0.3 is 15.5 Å². The smallest absolute Gasteiger partial charge is 0.254 e. The van der Waals surface area contributed by atoms with Crippen molar-refractivity contribution in [2.45, 2.75) is 63.1 Å². The standard InChI is InChI=1S/C21H28ClN3O2.ClH/c22-16-7-3-6-15(11-16)20(26)25-18-9-2-1-5-14(18)12-19(25)21(27)24-10-4-8-17(23)13-24;/h3,6-7,11,14,17-19H,1-2,4-5,8-10,12-13,23H2;1H. The van der Waals surface area contributed by atoms with E-state index in [2.05, 4.69) is 0 Å². The summed E-state index contributed by atoms with van der Waals surface area (Å²) >= 11 is 6.11. The van der Waals surface area contributed by atoms with Crippen LogP contribution in [0.3, 0.4) is 0 Å². The molecule has 2 saturated heterocycles. The summed E-state index contributed by atoms with van der Waals surface area (Å²) < 4.78 is 0. The lowest BCUT2D eigenvalue weighted by Crippen LogP contribution is -2.54. The van der Waals surface area contributed by atoms with Crippen LogP contribution in [0.15, 0.2) is 24.3 Å². The molecule has 0 bridgehead atoms. The summed E-state index contributed by atoms with van der Waals surface area (Å²) in [6.45, 7) is 1.35. The molecule has 1 saturated carbocycles. The Balaban J connectivity index is 0.00000225. The number of fused-ring (bicyclic) bond motifs is 1. The van der Waals surface area contributed by atoms with E-state index in [4.69, 9.17) is 17.3 Å². The predicted octanol–water partition coefficient (Wildman–Crippen LogP) is 3.48. The highest BCUT2D eigenvalue weighted by molar-refractivity contribution is 6.31. The van der Waals surface area contributed by atoms with Crippen LogP contribution in [0, 0.1) is 5.92 Å². The first kappa shape index (κ1) is 21.4. The van der Waals surface area contributed by atoms with Crippen LogP contribution < -0.4 is 5.73 Å². The van der Waals surface area contributed by atoms with Crippen LogP contribution in [-0.4, -0.2) is 52.8 Å². The fourth-order valence-corrected chi connectivity index (χ4v) is 5.35. The minimum Gasteiger partial charge on any atom is -0.339 e. The number of carbonyl (C=O) groups excluding carboxylic acids is 2. The van der Waals surface area contributed by atoms with E-state index in [1.54, 1.807) is 24.3 Å². The Kier molecular flexibility index (Phi) is 6.89. The van der Waals surface area contributed by atoms with E-state index in [0.717, 1.165) is 45.1 Å². The second kappa shape index (κ2) is 9.02. The average molecular weight is 426 g/mol. The molecule has 0 spiro atoms. The van der Waals surface area contributed by atoms with Crippen molar-refractivity contribution in [3.8, 4) is 0 Å². The van der Waals surface area contributed by atoms with Crippen LogP contribution in [0.4, 0.5) is 0 Å². The third kappa shape index (κ3) is 4.17. The maximum Gasteiger partial charge on any atom is 0.254 e. The van der Waals surface area contributed by atoms with Crippen LogP contribution in [0.1, 0.15) is 55.3 Å². The Morgan fingerprint density at radius 1 is 1.11 bits per heavy atom. The Morgan fingerprint density at radius 2 is 1.89 bits per heavy atom. The molecule has 1 aliphatic carbocycles. The molecule has 0 radical (unpaired) electrons. The molecule has 2 heterocycles. The third-order valence-corrected chi connectivity index (χ3v) is 6.68. The molecular weight excluding hydrogens is 397 g/mol. The number of nitrogens with zero attached hydrogens (tertiary/aromatic N) is 2. The number of halogens is 2. The van der Waals surface area contributed by atoms with Crippen molar-refractivity contribution in [1.29, 1.82) is 0 Å². The summed E-state index contributed by atoms with van der Waals surface area (Å²) in [5, 5.41) is 0.546. The lowest BCUT2D eigenvalue weighted by Gasteiger charge is -2.37. The molecule has 4 unspecified atom stereocenters. The normalized spacial score (nSPS) is 29.8. The number of rotatable bonds is 2. The van der Waals surface area contributed by atoms with Crippen LogP contribution in [0.25, 0.3) is 0 Å². The van der Waals surface area contributed by atoms with E-state index < -0.39 is 0 Å². The number of benzene rings is 1. The predicted molar refractivity (Wildman–Crippen MR) is 113 cm³/mol. The van der Waals surface area contributed by atoms with Crippen LogP contribution in [0.5, 0.6) is 0 Å². The first-order chi connectivity index (χ1) is 13.0. The SMILES string of the molecule is Cl.NC1CCCN(C(=O)C2CC3CCCCC3N2C(=O)c2cccc(Cl)c2)C1. The van der Waals surface area contributed by atoms with Gasteiger partial charge in [-0.25, -0.2) is 0 Å². The van der Waals surface area contributed by atoms with E-state index in [0.29, 0.717) is 23.0 Å². The average Bonchev–Trinajstić information content (AvgIpc) is 3.06. The van der Waals surface area contributed by atoms with Gasteiger partial charge in [0.2, 0.25) is 5.91 Å². The van der Waals surface area contributed by atoms with Gasteiger partial charge in [-0.05, 0) is 56.2 Å². The molecule has 5 nitrogen and oxygen atoms in total. The van der Waals surface area contributed by atoms with Crippen molar-refractivity contribution in [2.24, 2.45) is 11.7 Å². The number of nitrogens with two attached hydrogens (primary N) is 1. The topological polar surface area (TPSA) is 66.6 Å². The van der Waals surface area contributed by atoms with Crippen LogP contribution in [0.2, 0.25) is 5.02 Å². The molecule has 7 heteroatoms. The van der Waals surface area contributed by atoms with E-state index in [1.807, 2.05) is 9.80 Å². The third-order valence-electron chi connectivity index (χ3n) is 6.45. The summed E-state index contributed by atoms with van der Waals surface area (Å²) in [5.41, 5.74) is 6.66. The maximum atomic E-state index is 13.4. The van der Waals surface area contributed by atoms with E-state index >= 15 is 0 Å². The summed E-state index contributed by atoms with van der Waals surface area (Å²) in [5.74, 6) is 0.441. The van der Waals surface area contributed by atoms with Crippen molar-refractivity contribution in [2.75, 3.05) is 13.1 Å². The minimum atomic E-state index is -0.366. The van der Waals surface area contributed by atoms with Gasteiger partial charge in [0, 0.05) is 35.8 Å². The molecule has 2 N–H and O–H groups in total. The lowest BCUT2D eigenvalue weighted by atomic mass is 9.84. The largest absolute Gasteiger partial charge is 0.339 e. The van der Waals surface area contributed by atoms with Gasteiger partial charge >= 0.3 is 0 Å². The van der Waals surface area contributed by atoms with Crippen molar-refractivity contribution in [1.82, 2.24) is 9.80 Å². The molecule has 4 atom stereocenters. The fourth-order valence-electron chi connectivity index (χ4n) is 5.16. The second-order valence-electron chi connectivity index (χ2n) is 8.27. The maximum absolute atomic E-state index is 13.4. The summed E-state index contributed by atoms with van der Waals surface area (Å²) in [6.07, 6.45) is 7.08. The molecule has 1 aromatic rings. The van der Waals surface area contributed by atoms with Crippen LogP contribution in [-0.2, 0) is 4.79 Å². The van der Waals surface area contributed by atoms with E-state index in [1.165, 1.54) is 6.42 Å². The molecule has 28 heavy (non-hydrogen) atoms. The van der Waals surface area contributed by atoms with Gasteiger partial charge in [-0.2, -0.15) is 0 Å². The highest BCUT2D eigenvalue weighted by Gasteiger charge is 2.48. The zero-order chi connectivity index (χ0) is 19.0. The highest BCUT2D eigenvalue weighted by atomic mass is 35.5. The highest BCUT2D eigenvalue weighted by Crippen LogP contribution is 2.41. The molecule has 2 aliphatic heterocycles. The summed E-state index contributed by atoms with van der Waals surface area (Å²) in [4.78, 5) is 30.5. The quantitative estimate of drug-likeness (QED) is 0.788. The lowest BCUT2D eigenvalue weighted by molar-refractivity contribution is -0.136. The first-order valence-corrected chi connectivity index (χ1v) is 10.5. The molecule has 3 aliphatic rings. The van der Waals surface area contributed by atoms with Gasteiger partial charge in [0.1, 0.15) is 6.04 Å². The number of piperidine rings is 1. The number of amides is 2. The van der Waals surface area contributed by atoms with Crippen molar-refractivity contribution < 1.29 is 9.59 Å². The Labute approximate surface area is 178 Å². The van der Waals surface area contributed by atoms with Gasteiger partial charge in [0.25, 0.3) is 5.91 Å². The van der Waals surface area contributed by atoms with Crippen molar-refractivity contribution in [3.05, 3.63) is 34.9 Å². The van der Waals surface area contributed by atoms with Gasteiger partial charge in [-0.15, -0.1) is 12.4 Å². The van der Waals surface area contributed by atoms with Crippen LogP contribution >= 0.6 is 24.0 Å². The first-order valence-electron chi connectivity index (χ1n) is 10.2. The molecule has 2 amide bonds. The van der Waals surface area contributed by atoms with Gasteiger partial charge in [-0.1, -0.05) is 30.5 Å². The van der Waals surface area contributed by atoms with Gasteiger partial charge in [-0.3, -0.25) is 9.59 Å². The fraction of sp³-hybridized carbons (Fsp3) is 0.619. The number of hydrogen-bond donors (Lipinski definition) is 1. The van der Waals surface area contributed by atoms with Crippen molar-refractivity contribution >= 4 is 35.8 Å². The van der Waals surface area contributed by atoms with Gasteiger partial charge in [0.15, 0.2) is 0 Å². The molecule has 1 aromatic carbocycles. The number of carbonyl (C=O) groups is 2. The van der Waals surface area contributed by atoms with E-state index in [9.17, 15) is 9.59 Å². The summed E-state index contributed by atoms with van der Waals surface area (Å²) in [7, 11) is 0. The zero-order valence-electron chi connectivity index (χ0n) is 16.1. The molecule has 3 fully saturated rings. The number of likely N-dealkylation sites (tertiary alicyclic amines) is 2. The number of hydrogen-bond acceptors (Lipinski definition) is 3. The Hall–Kier alpha value is -1.30. The molecule has 154 valence electrons. The minimum absolute atomic E-state index is 0. The van der Waals surface area contributed by atoms with Gasteiger partial charge in [0.05, 0.1) is 0 Å². The molecular formula is C21H29Cl2N3O2. The van der Waals surface area contributed by atoms with E-state index in [-0.39, 0.29) is 42.3 Å². The second-order valence-corrected chi connectivity index (χ2v) is 8.71. The molecule has 4 rings (SSSR count). The molecule has 0 aromatic heterocycles. The monoisotopic (exact) mass is 425 g/mol. The van der Waals surface area contributed by atoms with Crippen molar-refractivity contribution in [3.63, 3.8) is 0 Å².